The van der Waals surface area contributed by atoms with E-state index in [-0.39, 0.29) is 5.41 Å². The largest absolute Gasteiger partial charge is 0.384 e. The first-order valence-electron chi connectivity index (χ1n) is 7.54. The van der Waals surface area contributed by atoms with Crippen LogP contribution in [-0.2, 0) is 16.0 Å². The van der Waals surface area contributed by atoms with Crippen molar-refractivity contribution >= 4 is 0 Å². The monoisotopic (exact) mass is 276 g/mol. The number of hydrogen-bond donors (Lipinski definition) is 0. The molecule has 3 heterocycles. The van der Waals surface area contributed by atoms with E-state index in [1.807, 2.05) is 18.5 Å². The molecule has 2 fully saturated rings. The van der Waals surface area contributed by atoms with Gasteiger partial charge in [-0.1, -0.05) is 6.07 Å². The minimum atomic E-state index is 0.188. The molecule has 2 aliphatic heterocycles. The highest BCUT2D eigenvalue weighted by Gasteiger charge is 2.45. The summed E-state index contributed by atoms with van der Waals surface area (Å²) >= 11 is 0. The Balaban J connectivity index is 1.70. The molecule has 0 aromatic carbocycles. The topological polar surface area (TPSA) is 34.6 Å². The van der Waals surface area contributed by atoms with Crippen LogP contribution < -0.4 is 0 Å². The van der Waals surface area contributed by atoms with Gasteiger partial charge in [-0.2, -0.15) is 0 Å². The number of pyridine rings is 1. The van der Waals surface area contributed by atoms with E-state index in [0.29, 0.717) is 6.10 Å². The number of likely N-dealkylation sites (tertiary alicyclic amines) is 1. The number of ether oxygens (including phenoxy) is 2. The lowest BCUT2D eigenvalue weighted by molar-refractivity contribution is -0.149. The van der Waals surface area contributed by atoms with E-state index < -0.39 is 0 Å². The van der Waals surface area contributed by atoms with Crippen LogP contribution in [0.2, 0.25) is 0 Å². The van der Waals surface area contributed by atoms with E-state index in [4.69, 9.17) is 9.47 Å². The Labute approximate surface area is 121 Å². The zero-order valence-electron chi connectivity index (χ0n) is 12.3. The summed E-state index contributed by atoms with van der Waals surface area (Å²) < 4.78 is 11.5. The molecule has 0 aliphatic carbocycles. The first-order chi connectivity index (χ1) is 9.82. The lowest BCUT2D eigenvalue weighted by Gasteiger charge is -2.50. The summed E-state index contributed by atoms with van der Waals surface area (Å²) in [7, 11) is 1.81. The number of rotatable bonds is 4. The lowest BCUT2D eigenvalue weighted by atomic mass is 9.73. The molecule has 0 bridgehead atoms. The molecular formula is C16H24N2O2. The molecule has 1 aromatic heterocycles. The number of piperidine rings is 1. The molecule has 20 heavy (non-hydrogen) atoms. The van der Waals surface area contributed by atoms with Crippen LogP contribution in [0.1, 0.15) is 24.8 Å². The van der Waals surface area contributed by atoms with Crippen LogP contribution in [0.25, 0.3) is 0 Å². The molecule has 0 saturated carbocycles. The maximum atomic E-state index is 6.02. The van der Waals surface area contributed by atoms with Gasteiger partial charge in [-0.05, 0) is 30.9 Å². The molecule has 1 aromatic rings. The molecule has 0 N–H and O–H groups in total. The molecule has 4 heteroatoms. The summed E-state index contributed by atoms with van der Waals surface area (Å²) in [4.78, 5) is 6.74. The number of aromatic nitrogens is 1. The van der Waals surface area contributed by atoms with Gasteiger partial charge in [-0.25, -0.2) is 0 Å². The van der Waals surface area contributed by atoms with Gasteiger partial charge in [0, 0.05) is 51.2 Å². The molecule has 2 atom stereocenters. The Bertz CT molecular complexity index is 422. The van der Waals surface area contributed by atoms with E-state index in [1.165, 1.54) is 12.0 Å². The van der Waals surface area contributed by atoms with Gasteiger partial charge in [0.25, 0.3) is 0 Å². The first kappa shape index (κ1) is 14.0. The van der Waals surface area contributed by atoms with Crippen LogP contribution in [-0.4, -0.2) is 49.4 Å². The quantitative estimate of drug-likeness (QED) is 0.843. The highest BCUT2D eigenvalue weighted by molar-refractivity contribution is 5.09. The number of hydrogen-bond acceptors (Lipinski definition) is 4. The smallest absolute Gasteiger partial charge is 0.0677 e. The zero-order valence-corrected chi connectivity index (χ0v) is 12.3. The van der Waals surface area contributed by atoms with Crippen molar-refractivity contribution in [3.05, 3.63) is 30.1 Å². The first-order valence-corrected chi connectivity index (χ1v) is 7.54. The minimum absolute atomic E-state index is 0.188. The van der Waals surface area contributed by atoms with E-state index in [9.17, 15) is 0 Å². The Morgan fingerprint density at radius 2 is 2.50 bits per heavy atom. The van der Waals surface area contributed by atoms with Crippen molar-refractivity contribution in [2.75, 3.05) is 33.4 Å². The molecule has 2 aliphatic rings. The summed E-state index contributed by atoms with van der Waals surface area (Å²) in [5.74, 6) is 0. The second-order valence-electron chi connectivity index (χ2n) is 6.12. The highest BCUT2D eigenvalue weighted by atomic mass is 16.5. The summed E-state index contributed by atoms with van der Waals surface area (Å²) in [6.45, 7) is 4.87. The van der Waals surface area contributed by atoms with E-state index >= 15 is 0 Å². The molecular weight excluding hydrogens is 252 g/mol. The Hall–Kier alpha value is -0.970. The van der Waals surface area contributed by atoms with Crippen LogP contribution in [0, 0.1) is 5.41 Å². The van der Waals surface area contributed by atoms with Crippen molar-refractivity contribution in [3.8, 4) is 0 Å². The van der Waals surface area contributed by atoms with Crippen molar-refractivity contribution in [1.29, 1.82) is 0 Å². The van der Waals surface area contributed by atoms with E-state index in [1.54, 1.807) is 7.11 Å². The van der Waals surface area contributed by atoms with E-state index in [2.05, 4.69) is 16.0 Å². The van der Waals surface area contributed by atoms with Crippen LogP contribution >= 0.6 is 0 Å². The fourth-order valence-electron chi connectivity index (χ4n) is 3.77. The van der Waals surface area contributed by atoms with Gasteiger partial charge in [0.15, 0.2) is 0 Å². The average Bonchev–Trinajstić information content (AvgIpc) is 2.48. The Morgan fingerprint density at radius 3 is 3.30 bits per heavy atom. The van der Waals surface area contributed by atoms with Gasteiger partial charge >= 0.3 is 0 Å². The summed E-state index contributed by atoms with van der Waals surface area (Å²) in [6, 6.07) is 4.16. The summed E-state index contributed by atoms with van der Waals surface area (Å²) in [5.41, 5.74) is 1.48. The molecule has 2 saturated heterocycles. The van der Waals surface area contributed by atoms with Crippen molar-refractivity contribution < 1.29 is 9.47 Å². The van der Waals surface area contributed by atoms with Crippen molar-refractivity contribution in [2.45, 2.75) is 31.9 Å². The molecule has 3 rings (SSSR count). The minimum Gasteiger partial charge on any atom is -0.384 e. The number of fused-ring (bicyclic) bond motifs is 1. The predicted octanol–water partition coefficient (Wildman–Crippen LogP) is 2.10. The summed E-state index contributed by atoms with van der Waals surface area (Å²) in [6.07, 6.45) is 7.66. The maximum Gasteiger partial charge on any atom is 0.0677 e. The third-order valence-electron chi connectivity index (χ3n) is 4.63. The van der Waals surface area contributed by atoms with Crippen molar-refractivity contribution in [3.63, 3.8) is 0 Å². The Kier molecular flexibility index (Phi) is 4.34. The molecule has 0 spiro atoms. The van der Waals surface area contributed by atoms with Gasteiger partial charge in [-0.3, -0.25) is 9.88 Å². The molecule has 0 radical (unpaired) electrons. The second kappa shape index (κ2) is 6.20. The third-order valence-corrected chi connectivity index (χ3v) is 4.63. The van der Waals surface area contributed by atoms with Gasteiger partial charge in [0.1, 0.15) is 0 Å². The predicted molar refractivity (Wildman–Crippen MR) is 77.4 cm³/mol. The fraction of sp³-hybridized carbons (Fsp3) is 0.688. The Morgan fingerprint density at radius 1 is 1.55 bits per heavy atom. The van der Waals surface area contributed by atoms with E-state index in [0.717, 1.165) is 45.7 Å². The van der Waals surface area contributed by atoms with Gasteiger partial charge in [-0.15, -0.1) is 0 Å². The zero-order chi connectivity index (χ0) is 13.8. The lowest BCUT2D eigenvalue weighted by Crippen LogP contribution is -2.56. The van der Waals surface area contributed by atoms with Crippen LogP contribution in [0.4, 0.5) is 0 Å². The van der Waals surface area contributed by atoms with Gasteiger partial charge in [0.05, 0.1) is 12.7 Å². The normalized spacial score (nSPS) is 30.9. The van der Waals surface area contributed by atoms with Gasteiger partial charge in [0.2, 0.25) is 0 Å². The fourth-order valence-corrected chi connectivity index (χ4v) is 3.77. The molecule has 4 nitrogen and oxygen atoms in total. The molecule has 110 valence electrons. The van der Waals surface area contributed by atoms with Crippen molar-refractivity contribution in [2.24, 2.45) is 5.41 Å². The summed E-state index contributed by atoms with van der Waals surface area (Å²) in [5, 5.41) is 0. The standard InChI is InChI=1S/C16H24N2O2/c1-19-13-16-6-3-9-20-15(16)5-8-18(12-16)11-14-4-2-7-17-10-14/h2,4,7,10,15H,3,5-6,8-9,11-13H2,1H3/t15-,16-/m0/s1. The molecule has 0 unspecified atom stereocenters. The highest BCUT2D eigenvalue weighted by Crippen LogP contribution is 2.40. The number of nitrogens with zero attached hydrogens (tertiary/aromatic N) is 2. The molecule has 0 amide bonds. The average molecular weight is 276 g/mol. The second-order valence-corrected chi connectivity index (χ2v) is 6.12. The van der Waals surface area contributed by atoms with Crippen LogP contribution in [0.15, 0.2) is 24.5 Å². The van der Waals surface area contributed by atoms with Gasteiger partial charge < -0.3 is 9.47 Å². The third kappa shape index (κ3) is 2.87. The SMILES string of the molecule is COC[C@@]12CCCO[C@H]1CCN(Cc1cccnc1)C2. The van der Waals surface area contributed by atoms with Crippen LogP contribution in [0.5, 0.6) is 0 Å². The van der Waals surface area contributed by atoms with Crippen molar-refractivity contribution in [1.82, 2.24) is 9.88 Å². The number of methoxy groups -OCH3 is 1. The van der Waals surface area contributed by atoms with Crippen LogP contribution in [0.3, 0.4) is 0 Å². The maximum absolute atomic E-state index is 6.02.